The Labute approximate surface area is 201 Å². The maximum Gasteiger partial charge on any atom is 0.325 e. The van der Waals surface area contributed by atoms with Crippen LogP contribution in [-0.2, 0) is 9.30 Å². The van der Waals surface area contributed by atoms with Crippen LogP contribution in [0.4, 0.5) is 5.82 Å². The van der Waals surface area contributed by atoms with E-state index >= 15 is 0 Å². The van der Waals surface area contributed by atoms with Gasteiger partial charge in [0.25, 0.3) is 0 Å². The van der Waals surface area contributed by atoms with Gasteiger partial charge in [0.05, 0.1) is 18.6 Å². The number of ether oxygens (including phenoxy) is 1. The lowest BCUT2D eigenvalue weighted by molar-refractivity contribution is -0.0355. The summed E-state index contributed by atoms with van der Waals surface area (Å²) in [4.78, 5) is 31.6. The highest BCUT2D eigenvalue weighted by Crippen LogP contribution is 2.56. The van der Waals surface area contributed by atoms with Crippen LogP contribution >= 0.6 is 19.2 Å². The van der Waals surface area contributed by atoms with Gasteiger partial charge in [-0.25, -0.2) is 4.98 Å². The van der Waals surface area contributed by atoms with Gasteiger partial charge < -0.3 is 30.1 Å². The molecule has 7 rings (SSSR count). The fourth-order valence-corrected chi connectivity index (χ4v) is 7.93. The summed E-state index contributed by atoms with van der Waals surface area (Å²) in [6.07, 6.45) is 3.60. The zero-order chi connectivity index (χ0) is 23.8. The standard InChI is InChI=1S/C21H29ClN5O6P/c22-20-24-17(26-21-6-10-3-11(7-21)5-12(4-10)8-21)14-18(25-20)27(9-23-14)19-16(29)15(28)13(33-19)1-2-34(30,31)32/h9-13,15-16,19,28-29H,1-8H2,(H,24,25,26)(H2,30,31,32). The Morgan fingerprint density at radius 2 is 1.76 bits per heavy atom. The van der Waals surface area contributed by atoms with E-state index in [4.69, 9.17) is 26.1 Å². The Balaban J connectivity index is 1.29. The van der Waals surface area contributed by atoms with E-state index in [0.29, 0.717) is 17.0 Å². The van der Waals surface area contributed by atoms with E-state index in [9.17, 15) is 14.8 Å². The molecule has 4 saturated carbocycles. The molecule has 3 heterocycles. The molecular weight excluding hydrogens is 485 g/mol. The number of aromatic nitrogens is 4. The highest BCUT2D eigenvalue weighted by molar-refractivity contribution is 7.51. The van der Waals surface area contributed by atoms with Crippen molar-refractivity contribution in [2.75, 3.05) is 11.5 Å². The lowest BCUT2D eigenvalue weighted by Crippen LogP contribution is -2.54. The SMILES string of the molecule is O=P(O)(O)CCC1OC(n2cnc3c(NC45CC6CC(CC(C6)C4)C5)nc(Cl)nc32)C(O)C1O. The number of hydrogen-bond acceptors (Lipinski definition) is 8. The maximum absolute atomic E-state index is 11.2. The Morgan fingerprint density at radius 1 is 1.12 bits per heavy atom. The molecule has 4 atom stereocenters. The molecule has 5 aliphatic rings. The molecule has 11 nitrogen and oxygen atoms in total. The summed E-state index contributed by atoms with van der Waals surface area (Å²) in [6, 6.07) is 0. The van der Waals surface area contributed by atoms with Crippen molar-refractivity contribution in [2.45, 2.75) is 75.0 Å². The summed E-state index contributed by atoms with van der Waals surface area (Å²) in [5.74, 6) is 2.80. The molecule has 4 unspecified atom stereocenters. The van der Waals surface area contributed by atoms with E-state index in [2.05, 4.69) is 20.3 Å². The number of halogens is 1. The second-order valence-electron chi connectivity index (χ2n) is 10.7. The fourth-order valence-electron chi connectivity index (χ4n) is 7.17. The summed E-state index contributed by atoms with van der Waals surface area (Å²) in [5.41, 5.74) is 0.847. The molecule has 0 spiro atoms. The first kappa shape index (κ1) is 23.1. The Kier molecular flexibility index (Phi) is 5.50. The predicted molar refractivity (Wildman–Crippen MR) is 122 cm³/mol. The van der Waals surface area contributed by atoms with Gasteiger partial charge in [0.15, 0.2) is 23.2 Å². The number of fused-ring (bicyclic) bond motifs is 1. The number of imidazole rings is 1. The summed E-state index contributed by atoms with van der Waals surface area (Å²) < 4.78 is 18.5. The average Bonchev–Trinajstić information content (AvgIpc) is 3.26. The van der Waals surface area contributed by atoms with Gasteiger partial charge in [-0.05, 0) is 74.3 Å². The van der Waals surface area contributed by atoms with Gasteiger partial charge in [0, 0.05) is 5.54 Å². The van der Waals surface area contributed by atoms with Crippen LogP contribution in [0.25, 0.3) is 11.2 Å². The minimum absolute atomic E-state index is 0.0175. The summed E-state index contributed by atoms with van der Waals surface area (Å²) in [6.45, 7) is 0. The predicted octanol–water partition coefficient (Wildman–Crippen LogP) is 2.05. The lowest BCUT2D eigenvalue weighted by Gasteiger charge is -2.57. The Hall–Kier alpha value is -1.33. The van der Waals surface area contributed by atoms with E-state index < -0.39 is 38.3 Å². The zero-order valence-corrected chi connectivity index (χ0v) is 20.1. The molecule has 4 aliphatic carbocycles. The Morgan fingerprint density at radius 3 is 2.38 bits per heavy atom. The highest BCUT2D eigenvalue weighted by atomic mass is 35.5. The molecule has 4 bridgehead atoms. The largest absolute Gasteiger partial charge is 0.388 e. The van der Waals surface area contributed by atoms with Crippen LogP contribution in [0.5, 0.6) is 0 Å². The number of nitrogens with one attached hydrogen (secondary N) is 1. The van der Waals surface area contributed by atoms with Crippen molar-refractivity contribution in [1.82, 2.24) is 19.5 Å². The minimum Gasteiger partial charge on any atom is -0.388 e. The summed E-state index contributed by atoms with van der Waals surface area (Å²) in [5, 5.41) is 24.8. The molecule has 186 valence electrons. The minimum atomic E-state index is -4.26. The fraction of sp³-hybridized carbons (Fsp3) is 0.762. The number of nitrogens with zero attached hydrogens (tertiary/aromatic N) is 4. The van der Waals surface area contributed by atoms with Crippen molar-refractivity contribution in [2.24, 2.45) is 17.8 Å². The van der Waals surface area contributed by atoms with Gasteiger partial charge in [0.1, 0.15) is 12.2 Å². The lowest BCUT2D eigenvalue weighted by atomic mass is 9.53. The smallest absolute Gasteiger partial charge is 0.325 e. The first-order chi connectivity index (χ1) is 16.1. The van der Waals surface area contributed by atoms with Crippen molar-refractivity contribution in [3.8, 4) is 0 Å². The van der Waals surface area contributed by atoms with E-state index in [1.54, 1.807) is 0 Å². The molecular formula is C21H29ClN5O6P. The first-order valence-electron chi connectivity index (χ1n) is 11.8. The van der Waals surface area contributed by atoms with Gasteiger partial charge in [0.2, 0.25) is 5.28 Å². The second kappa shape index (κ2) is 8.09. The summed E-state index contributed by atoms with van der Waals surface area (Å²) in [7, 11) is -4.26. The third kappa shape index (κ3) is 4.05. The molecule has 2 aromatic rings. The zero-order valence-electron chi connectivity index (χ0n) is 18.5. The number of anilines is 1. The van der Waals surface area contributed by atoms with Crippen LogP contribution in [-0.4, -0.2) is 69.5 Å². The quantitative estimate of drug-likeness (QED) is 0.285. The molecule has 1 aliphatic heterocycles. The van der Waals surface area contributed by atoms with Gasteiger partial charge in [-0.15, -0.1) is 0 Å². The Bertz CT molecular complexity index is 1120. The average molecular weight is 514 g/mol. The third-order valence-corrected chi connectivity index (χ3v) is 9.14. The van der Waals surface area contributed by atoms with Crippen molar-refractivity contribution >= 4 is 36.2 Å². The van der Waals surface area contributed by atoms with Gasteiger partial charge in [-0.1, -0.05) is 0 Å². The van der Waals surface area contributed by atoms with E-state index in [-0.39, 0.29) is 17.2 Å². The third-order valence-electron chi connectivity index (χ3n) is 8.13. The van der Waals surface area contributed by atoms with Gasteiger partial charge >= 0.3 is 7.60 Å². The molecule has 0 aromatic carbocycles. The van der Waals surface area contributed by atoms with Crippen LogP contribution in [0.3, 0.4) is 0 Å². The number of aliphatic hydroxyl groups excluding tert-OH is 2. The highest BCUT2D eigenvalue weighted by Gasteiger charge is 2.51. The van der Waals surface area contributed by atoms with Crippen molar-refractivity contribution < 1.29 is 29.3 Å². The monoisotopic (exact) mass is 513 g/mol. The molecule has 2 aromatic heterocycles. The van der Waals surface area contributed by atoms with Crippen molar-refractivity contribution in [3.05, 3.63) is 11.6 Å². The molecule has 13 heteroatoms. The maximum atomic E-state index is 11.2. The number of aliphatic hydroxyl groups is 2. The van der Waals surface area contributed by atoms with E-state index in [1.807, 2.05) is 0 Å². The molecule has 0 amide bonds. The topological polar surface area (TPSA) is 163 Å². The number of hydrogen-bond donors (Lipinski definition) is 5. The van der Waals surface area contributed by atoms with Gasteiger partial charge in [-0.3, -0.25) is 9.13 Å². The van der Waals surface area contributed by atoms with E-state index in [0.717, 1.165) is 37.0 Å². The van der Waals surface area contributed by atoms with Crippen LogP contribution < -0.4 is 5.32 Å². The van der Waals surface area contributed by atoms with Crippen LogP contribution in [0.15, 0.2) is 6.33 Å². The van der Waals surface area contributed by atoms with Crippen molar-refractivity contribution in [3.63, 3.8) is 0 Å². The van der Waals surface area contributed by atoms with Crippen molar-refractivity contribution in [1.29, 1.82) is 0 Å². The molecule has 34 heavy (non-hydrogen) atoms. The van der Waals surface area contributed by atoms with E-state index in [1.165, 1.54) is 30.2 Å². The molecule has 0 radical (unpaired) electrons. The van der Waals surface area contributed by atoms with Crippen LogP contribution in [0, 0.1) is 17.8 Å². The molecule has 5 N–H and O–H groups in total. The molecule has 5 fully saturated rings. The molecule has 1 saturated heterocycles. The van der Waals surface area contributed by atoms with Crippen LogP contribution in [0.1, 0.15) is 51.2 Å². The normalized spacial score (nSPS) is 39.3. The second-order valence-corrected chi connectivity index (χ2v) is 12.8. The van der Waals surface area contributed by atoms with Gasteiger partial charge in [-0.2, -0.15) is 9.97 Å². The number of rotatable bonds is 6. The summed E-state index contributed by atoms with van der Waals surface area (Å²) >= 11 is 6.30. The van der Waals surface area contributed by atoms with Crippen LogP contribution in [0.2, 0.25) is 5.28 Å². The first-order valence-corrected chi connectivity index (χ1v) is 14.0.